The smallest absolute Gasteiger partial charge is 0.412 e. The number of likely N-dealkylation sites (tertiary alicyclic amines) is 1. The van der Waals surface area contributed by atoms with E-state index < -0.39 is 11.7 Å². The first-order valence-electron chi connectivity index (χ1n) is 9.40. The molecule has 1 aliphatic heterocycles. The van der Waals surface area contributed by atoms with Crippen molar-refractivity contribution in [2.45, 2.75) is 58.6 Å². The van der Waals surface area contributed by atoms with Gasteiger partial charge in [-0.25, -0.2) is 4.79 Å². The average Bonchev–Trinajstić information content (AvgIpc) is 2.55. The number of hydrogen-bond donors (Lipinski definition) is 2. The number of piperidine rings is 1. The molecule has 1 aromatic rings. The molecule has 2 amide bonds. The van der Waals surface area contributed by atoms with Crippen LogP contribution in [0.1, 0.15) is 57.3 Å². The van der Waals surface area contributed by atoms with Gasteiger partial charge in [-0.05, 0) is 64.8 Å². The first kappa shape index (κ1) is 20.2. The fourth-order valence-electron chi connectivity index (χ4n) is 3.05. The largest absolute Gasteiger partial charge is 0.444 e. The molecule has 0 aromatic heterocycles. The molecule has 0 atom stereocenters. The Morgan fingerprint density at radius 3 is 2.54 bits per heavy atom. The highest BCUT2D eigenvalue weighted by Crippen LogP contribution is 2.15. The van der Waals surface area contributed by atoms with Crippen molar-refractivity contribution in [3.8, 4) is 0 Å². The normalized spacial score (nSPS) is 16.2. The minimum Gasteiger partial charge on any atom is -0.444 e. The second-order valence-corrected chi connectivity index (χ2v) is 7.80. The highest BCUT2D eigenvalue weighted by Gasteiger charge is 2.21. The van der Waals surface area contributed by atoms with Gasteiger partial charge in [-0.3, -0.25) is 10.1 Å². The van der Waals surface area contributed by atoms with Crippen molar-refractivity contribution in [1.82, 2.24) is 10.2 Å². The molecule has 6 heteroatoms. The van der Waals surface area contributed by atoms with E-state index >= 15 is 0 Å². The van der Waals surface area contributed by atoms with Crippen LogP contribution in [0.5, 0.6) is 0 Å². The van der Waals surface area contributed by atoms with Crippen molar-refractivity contribution in [1.29, 1.82) is 0 Å². The van der Waals surface area contributed by atoms with Gasteiger partial charge in [-0.1, -0.05) is 13.0 Å². The summed E-state index contributed by atoms with van der Waals surface area (Å²) < 4.78 is 5.24. The Morgan fingerprint density at radius 2 is 1.92 bits per heavy atom. The van der Waals surface area contributed by atoms with Gasteiger partial charge in [0.2, 0.25) is 0 Å². The lowest BCUT2D eigenvalue weighted by molar-refractivity contribution is 0.0635. The Kier molecular flexibility index (Phi) is 7.03. The molecule has 0 bridgehead atoms. The quantitative estimate of drug-likeness (QED) is 0.840. The van der Waals surface area contributed by atoms with Gasteiger partial charge in [0, 0.05) is 30.4 Å². The number of amides is 2. The van der Waals surface area contributed by atoms with Crippen LogP contribution in [0, 0.1) is 0 Å². The lowest BCUT2D eigenvalue weighted by atomic mass is 10.0. The topological polar surface area (TPSA) is 70.7 Å². The van der Waals surface area contributed by atoms with Gasteiger partial charge in [0.05, 0.1) is 0 Å². The predicted molar refractivity (Wildman–Crippen MR) is 104 cm³/mol. The fraction of sp³-hybridized carbons (Fsp3) is 0.600. The number of anilines is 1. The third-order valence-electron chi connectivity index (χ3n) is 4.23. The minimum absolute atomic E-state index is 0.105. The first-order valence-corrected chi connectivity index (χ1v) is 9.40. The van der Waals surface area contributed by atoms with Gasteiger partial charge in [0.25, 0.3) is 5.91 Å². The molecule has 0 unspecified atom stereocenters. The maximum atomic E-state index is 12.5. The van der Waals surface area contributed by atoms with Crippen molar-refractivity contribution in [2.75, 3.05) is 25.0 Å². The van der Waals surface area contributed by atoms with Gasteiger partial charge in [-0.15, -0.1) is 0 Å². The Morgan fingerprint density at radius 1 is 1.23 bits per heavy atom. The van der Waals surface area contributed by atoms with E-state index in [0.29, 0.717) is 11.3 Å². The molecule has 0 spiro atoms. The molecule has 0 saturated carbocycles. The summed E-state index contributed by atoms with van der Waals surface area (Å²) in [4.78, 5) is 26.8. The summed E-state index contributed by atoms with van der Waals surface area (Å²) >= 11 is 0. The van der Waals surface area contributed by atoms with Crippen LogP contribution >= 0.6 is 0 Å². The number of carbonyl (C=O) groups excluding carboxylic acids is 2. The molecule has 2 N–H and O–H groups in total. The lowest BCUT2D eigenvalue weighted by Gasteiger charge is -2.32. The SMILES string of the molecule is CCCN1CCC(NC(=O)c2cccc(NC(=O)OC(C)(C)C)c2)CC1. The number of nitrogens with one attached hydrogen (secondary N) is 2. The molecular formula is C20H31N3O3. The van der Waals surface area contributed by atoms with Gasteiger partial charge < -0.3 is 15.0 Å². The van der Waals surface area contributed by atoms with Crippen LogP contribution in [-0.2, 0) is 4.74 Å². The molecule has 26 heavy (non-hydrogen) atoms. The van der Waals surface area contributed by atoms with Crippen LogP contribution in [0.25, 0.3) is 0 Å². The Bertz CT molecular complexity index is 617. The molecule has 0 aliphatic carbocycles. The summed E-state index contributed by atoms with van der Waals surface area (Å²) in [6.45, 7) is 10.8. The van der Waals surface area contributed by atoms with Crippen LogP contribution < -0.4 is 10.6 Å². The summed E-state index contributed by atoms with van der Waals surface area (Å²) in [5.41, 5.74) is 0.519. The summed E-state index contributed by atoms with van der Waals surface area (Å²) in [5, 5.41) is 5.78. The molecule has 1 aromatic carbocycles. The highest BCUT2D eigenvalue weighted by molar-refractivity contribution is 5.96. The average molecular weight is 361 g/mol. The number of nitrogens with zero attached hydrogens (tertiary/aromatic N) is 1. The summed E-state index contributed by atoms with van der Waals surface area (Å²) in [5.74, 6) is -0.105. The van der Waals surface area contributed by atoms with E-state index in [1.165, 1.54) is 0 Å². The Hall–Kier alpha value is -2.08. The highest BCUT2D eigenvalue weighted by atomic mass is 16.6. The molecule has 144 valence electrons. The molecular weight excluding hydrogens is 330 g/mol. The maximum Gasteiger partial charge on any atom is 0.412 e. The predicted octanol–water partition coefficient (Wildman–Crippen LogP) is 3.64. The molecule has 1 heterocycles. The van der Waals surface area contributed by atoms with Crippen LogP contribution in [0.4, 0.5) is 10.5 Å². The van der Waals surface area contributed by atoms with Gasteiger partial charge in [-0.2, -0.15) is 0 Å². The van der Waals surface area contributed by atoms with Crippen LogP contribution in [0.15, 0.2) is 24.3 Å². The fourth-order valence-corrected chi connectivity index (χ4v) is 3.05. The van der Waals surface area contributed by atoms with Crippen LogP contribution in [0.3, 0.4) is 0 Å². The minimum atomic E-state index is -0.564. The van der Waals surface area contributed by atoms with E-state index in [-0.39, 0.29) is 11.9 Å². The zero-order valence-corrected chi connectivity index (χ0v) is 16.3. The number of benzene rings is 1. The lowest BCUT2D eigenvalue weighted by Crippen LogP contribution is -2.44. The van der Waals surface area contributed by atoms with Crippen molar-refractivity contribution >= 4 is 17.7 Å². The second kappa shape index (κ2) is 9.03. The van der Waals surface area contributed by atoms with Crippen LogP contribution in [0.2, 0.25) is 0 Å². The standard InChI is InChI=1S/C20H31N3O3/c1-5-11-23-12-9-16(10-13-23)21-18(24)15-7-6-8-17(14-15)22-19(25)26-20(2,3)4/h6-8,14,16H,5,9-13H2,1-4H3,(H,21,24)(H,22,25). The molecule has 1 aliphatic rings. The number of carbonyl (C=O) groups is 2. The van der Waals surface area contributed by atoms with Crippen molar-refractivity contribution < 1.29 is 14.3 Å². The van der Waals surface area contributed by atoms with E-state index in [4.69, 9.17) is 4.74 Å². The Balaban J connectivity index is 1.89. The second-order valence-electron chi connectivity index (χ2n) is 7.80. The summed E-state index contributed by atoms with van der Waals surface area (Å²) in [7, 11) is 0. The van der Waals surface area contributed by atoms with E-state index in [1.807, 2.05) is 20.8 Å². The zero-order chi connectivity index (χ0) is 19.2. The molecule has 2 rings (SSSR count). The van der Waals surface area contributed by atoms with E-state index in [0.717, 1.165) is 38.9 Å². The van der Waals surface area contributed by atoms with Gasteiger partial charge in [0.1, 0.15) is 5.60 Å². The number of rotatable bonds is 5. The number of hydrogen-bond acceptors (Lipinski definition) is 4. The van der Waals surface area contributed by atoms with E-state index in [9.17, 15) is 9.59 Å². The van der Waals surface area contributed by atoms with Gasteiger partial charge in [0.15, 0.2) is 0 Å². The third kappa shape index (κ3) is 6.67. The van der Waals surface area contributed by atoms with Gasteiger partial charge >= 0.3 is 6.09 Å². The first-order chi connectivity index (χ1) is 12.3. The molecule has 1 saturated heterocycles. The van der Waals surface area contributed by atoms with Crippen molar-refractivity contribution in [2.24, 2.45) is 0 Å². The van der Waals surface area contributed by atoms with Crippen LogP contribution in [-0.4, -0.2) is 48.2 Å². The molecule has 6 nitrogen and oxygen atoms in total. The molecule has 1 fully saturated rings. The van der Waals surface area contributed by atoms with Crippen molar-refractivity contribution in [3.05, 3.63) is 29.8 Å². The Labute approximate surface area is 156 Å². The monoisotopic (exact) mass is 361 g/mol. The third-order valence-corrected chi connectivity index (χ3v) is 4.23. The van der Waals surface area contributed by atoms with Crippen molar-refractivity contribution in [3.63, 3.8) is 0 Å². The molecule has 0 radical (unpaired) electrons. The zero-order valence-electron chi connectivity index (χ0n) is 16.3. The van der Waals surface area contributed by atoms with E-state index in [1.54, 1.807) is 24.3 Å². The van der Waals surface area contributed by atoms with E-state index in [2.05, 4.69) is 22.5 Å². The summed E-state index contributed by atoms with van der Waals surface area (Å²) in [6, 6.07) is 7.13. The maximum absolute atomic E-state index is 12.5. The number of ether oxygens (including phenoxy) is 1. The summed E-state index contributed by atoms with van der Waals surface area (Å²) in [6.07, 6.45) is 2.58.